The van der Waals surface area contributed by atoms with Gasteiger partial charge < -0.3 is 18.1 Å². The zero-order chi connectivity index (χ0) is 23.0. The summed E-state index contributed by atoms with van der Waals surface area (Å²) in [4.78, 5) is 8.84. The minimum atomic E-state index is -3.17. The minimum absolute atomic E-state index is 0. The zero-order valence-corrected chi connectivity index (χ0v) is 23.8. The third-order valence-electron chi connectivity index (χ3n) is 3.04. The molecule has 175 valence electrons. The number of sulfonamides is 1. The fourth-order valence-electron chi connectivity index (χ4n) is 1.94. The first-order valence-corrected chi connectivity index (χ1v) is 11.7. The molecule has 0 aliphatic carbocycles. The van der Waals surface area contributed by atoms with Gasteiger partial charge in [-0.05, 0) is 31.2 Å². The van der Waals surface area contributed by atoms with Crippen molar-refractivity contribution in [2.45, 2.75) is 34.6 Å². The maximum Gasteiger partial charge on any atom is 0.229 e. The molecule has 0 amide bonds. The molecule has 3 aromatic rings. The van der Waals surface area contributed by atoms with Gasteiger partial charge in [0.2, 0.25) is 16.0 Å². The Morgan fingerprint density at radius 3 is 1.59 bits per heavy atom. The number of nitrogens with two attached hydrogens (primary N) is 1. The van der Waals surface area contributed by atoms with E-state index >= 15 is 0 Å². The Labute approximate surface area is 219 Å². The molecule has 0 saturated carbocycles. The Kier molecular flexibility index (Phi) is 21.5. The summed E-state index contributed by atoms with van der Waals surface area (Å²) in [6.45, 7) is 9.98. The van der Waals surface area contributed by atoms with Crippen molar-refractivity contribution in [1.29, 1.82) is 0 Å². The van der Waals surface area contributed by atoms with Crippen LogP contribution in [0.2, 0.25) is 0 Å². The summed E-state index contributed by atoms with van der Waals surface area (Å²) in [6.07, 6.45) is 2.75. The fraction of sp³-hybridized carbons (Fsp3) is 0.261. The second kappa shape index (κ2) is 19.8. The molecule has 1 heterocycles. The third-order valence-corrected chi connectivity index (χ3v) is 3.04. The smallest absolute Gasteiger partial charge is 0.229 e. The van der Waals surface area contributed by atoms with Crippen LogP contribution in [0.1, 0.15) is 33.3 Å². The minimum Gasteiger partial charge on any atom is -0.358 e. The average molecular weight is 536 g/mol. The maximum atomic E-state index is 9.41. The first-order valence-electron chi connectivity index (χ1n) is 9.77. The van der Waals surface area contributed by atoms with Crippen molar-refractivity contribution in [2.24, 2.45) is 5.14 Å². The van der Waals surface area contributed by atoms with E-state index in [2.05, 4.69) is 25.7 Å². The first-order chi connectivity index (χ1) is 14.3. The number of rotatable bonds is 4. The summed E-state index contributed by atoms with van der Waals surface area (Å²) < 4.78 is 18.8. The normalized spacial score (nSPS) is 8.84. The predicted octanol–water partition coefficient (Wildman–Crippen LogP) is 5.68. The van der Waals surface area contributed by atoms with Crippen LogP contribution in [0, 0.1) is 14.4 Å². The van der Waals surface area contributed by atoms with Crippen molar-refractivity contribution in [3.63, 3.8) is 0 Å². The van der Waals surface area contributed by atoms with Crippen LogP contribution in [0.15, 0.2) is 66.9 Å². The second-order valence-electron chi connectivity index (χ2n) is 5.54. The van der Waals surface area contributed by atoms with E-state index in [0.717, 1.165) is 29.0 Å². The molecule has 1 aromatic heterocycles. The number of nitrogens with one attached hydrogen (secondary N) is 2. The Hall–Kier alpha value is -1.87. The van der Waals surface area contributed by atoms with Crippen molar-refractivity contribution in [3.05, 3.63) is 79.9 Å². The largest absolute Gasteiger partial charge is 0.358 e. The molecule has 7 nitrogen and oxygen atoms in total. The van der Waals surface area contributed by atoms with Crippen molar-refractivity contribution >= 4 is 33.2 Å². The van der Waals surface area contributed by atoms with E-state index in [-0.39, 0.29) is 40.1 Å². The second-order valence-corrected chi connectivity index (χ2v) is 7.20. The molecule has 2 aromatic carbocycles. The number of anilines is 4. The number of aryl methyl sites for hydroxylation is 1. The third kappa shape index (κ3) is 16.8. The first kappa shape index (κ1) is 34.7. The van der Waals surface area contributed by atoms with E-state index in [4.69, 9.17) is 0 Å². The Morgan fingerprint density at radius 2 is 1.19 bits per heavy atom. The molecule has 0 atom stereocenters. The van der Waals surface area contributed by atoms with Gasteiger partial charge in [-0.15, -0.1) is 0 Å². The predicted molar refractivity (Wildman–Crippen MR) is 134 cm³/mol. The van der Waals surface area contributed by atoms with E-state index in [1.807, 2.05) is 101 Å². The van der Waals surface area contributed by atoms with Gasteiger partial charge in [-0.2, -0.15) is 4.98 Å². The van der Waals surface area contributed by atoms with Gasteiger partial charge in [-0.25, -0.2) is 18.5 Å². The molecule has 0 aliphatic rings. The molecular formula is C23H36N5O2SY-. The molecule has 0 saturated heterocycles. The molecule has 0 unspecified atom stereocenters. The fourth-order valence-corrected chi connectivity index (χ4v) is 1.94. The summed E-state index contributed by atoms with van der Waals surface area (Å²) in [7, 11) is -3.17. The van der Waals surface area contributed by atoms with E-state index in [9.17, 15) is 8.42 Å². The number of nitrogens with zero attached hydrogens (tertiary/aromatic N) is 2. The van der Waals surface area contributed by atoms with Crippen LogP contribution in [0.25, 0.3) is 0 Å². The molecule has 0 fully saturated rings. The van der Waals surface area contributed by atoms with Gasteiger partial charge in [0.05, 0.1) is 6.26 Å². The van der Waals surface area contributed by atoms with Crippen LogP contribution in [-0.4, -0.2) is 24.6 Å². The quantitative estimate of drug-likeness (QED) is 0.371. The maximum absolute atomic E-state index is 9.41. The van der Waals surface area contributed by atoms with Crippen LogP contribution in [-0.2, 0) is 42.7 Å². The number of para-hydroxylation sites is 2. The molecular weight excluding hydrogens is 499 g/mol. The standard InChI is InChI=1S/C17H16N4.2C2H6.CH5NO2S.CH3.Y/c1-13-12-18-17(20-15-10-6-3-7-11-15)21-16(13)19-14-8-4-2-5-9-14;2*1-2;1-5(2,3)4;;/h2-12H,1H3,(H2,18,19,20,21);2*1-2H3;1H3,(H2,2,3,4);1H3;/q;;;;-1;. The number of benzene rings is 2. The van der Waals surface area contributed by atoms with E-state index in [1.54, 1.807) is 0 Å². The summed E-state index contributed by atoms with van der Waals surface area (Å²) in [5.74, 6) is 1.37. The van der Waals surface area contributed by atoms with Crippen molar-refractivity contribution < 1.29 is 41.1 Å². The van der Waals surface area contributed by atoms with Crippen LogP contribution < -0.4 is 15.8 Å². The Bertz CT molecular complexity index is 933. The van der Waals surface area contributed by atoms with Gasteiger partial charge in [-0.1, -0.05) is 64.1 Å². The average Bonchev–Trinajstić information content (AvgIpc) is 2.74. The monoisotopic (exact) mass is 535 g/mol. The van der Waals surface area contributed by atoms with Gasteiger partial charge in [0.25, 0.3) is 0 Å². The molecule has 32 heavy (non-hydrogen) atoms. The number of primary sulfonamides is 1. The van der Waals surface area contributed by atoms with Crippen molar-refractivity contribution in [1.82, 2.24) is 9.97 Å². The summed E-state index contributed by atoms with van der Waals surface area (Å²) in [5.41, 5.74) is 2.97. The van der Waals surface area contributed by atoms with Gasteiger partial charge in [-0.3, -0.25) is 0 Å². The molecule has 9 heteroatoms. The van der Waals surface area contributed by atoms with Gasteiger partial charge in [0.1, 0.15) is 5.82 Å². The van der Waals surface area contributed by atoms with E-state index in [0.29, 0.717) is 5.95 Å². The van der Waals surface area contributed by atoms with Crippen molar-refractivity contribution in [3.8, 4) is 0 Å². The molecule has 1 radical (unpaired) electrons. The topological polar surface area (TPSA) is 110 Å². The number of hydrogen-bond acceptors (Lipinski definition) is 6. The Morgan fingerprint density at radius 1 is 0.812 bits per heavy atom. The van der Waals surface area contributed by atoms with Gasteiger partial charge in [0, 0.05) is 55.8 Å². The van der Waals surface area contributed by atoms with E-state index < -0.39 is 10.0 Å². The molecule has 4 N–H and O–H groups in total. The summed E-state index contributed by atoms with van der Waals surface area (Å²) in [5, 5.41) is 10.8. The summed E-state index contributed by atoms with van der Waals surface area (Å²) >= 11 is 0. The van der Waals surface area contributed by atoms with Crippen LogP contribution in [0.3, 0.4) is 0 Å². The number of hydrogen-bond donors (Lipinski definition) is 3. The number of aromatic nitrogens is 2. The van der Waals surface area contributed by atoms with Gasteiger partial charge >= 0.3 is 0 Å². The Balaban J connectivity index is -0.000000669. The summed E-state index contributed by atoms with van der Waals surface area (Å²) in [6, 6.07) is 19.9. The van der Waals surface area contributed by atoms with Crippen molar-refractivity contribution in [2.75, 3.05) is 16.9 Å². The van der Waals surface area contributed by atoms with Gasteiger partial charge in [0.15, 0.2) is 0 Å². The molecule has 0 spiro atoms. The SMILES string of the molecule is CC.CC.CS(N)(=O)=O.Cc1cnc(Nc2ccccc2)nc1Nc1ccccc1.[CH3-].[Y]. The van der Waals surface area contributed by atoms with Crippen LogP contribution >= 0.6 is 0 Å². The zero-order valence-electron chi connectivity index (χ0n) is 20.1. The molecule has 3 rings (SSSR count). The molecule has 0 aliphatic heterocycles. The van der Waals surface area contributed by atoms with E-state index in [1.165, 1.54) is 0 Å². The van der Waals surface area contributed by atoms with Crippen LogP contribution in [0.4, 0.5) is 23.1 Å². The molecule has 0 bridgehead atoms. The van der Waals surface area contributed by atoms with Crippen LogP contribution in [0.5, 0.6) is 0 Å².